The monoisotopic (exact) mass is 224 g/mol. The first-order valence-corrected chi connectivity index (χ1v) is 6.46. The van der Waals surface area contributed by atoms with Crippen LogP contribution in [0.15, 0.2) is 29.2 Å². The third-order valence-electron chi connectivity index (χ3n) is 2.48. The average molecular weight is 224 g/mol. The zero-order chi connectivity index (χ0) is 11.1. The molecule has 0 aliphatic heterocycles. The molecule has 0 radical (unpaired) electrons. The van der Waals surface area contributed by atoms with Gasteiger partial charge in [-0.3, -0.25) is 0 Å². The van der Waals surface area contributed by atoms with Crippen LogP contribution in [0.1, 0.15) is 13.8 Å². The first kappa shape index (κ1) is 12.4. The summed E-state index contributed by atoms with van der Waals surface area (Å²) >= 11 is 1.84. The van der Waals surface area contributed by atoms with Crippen LogP contribution in [0.25, 0.3) is 0 Å². The Morgan fingerprint density at radius 3 is 2.47 bits per heavy atom. The van der Waals surface area contributed by atoms with Crippen LogP contribution >= 0.6 is 11.8 Å². The van der Waals surface area contributed by atoms with E-state index in [-0.39, 0.29) is 0 Å². The third-order valence-corrected chi connectivity index (χ3v) is 3.55. The Balaban J connectivity index is 2.34. The Hall–Kier alpha value is -0.670. The highest BCUT2D eigenvalue weighted by Crippen LogP contribution is 2.23. The van der Waals surface area contributed by atoms with Gasteiger partial charge in [0, 0.05) is 22.9 Å². The van der Waals surface area contributed by atoms with Gasteiger partial charge in [-0.05, 0) is 25.2 Å². The summed E-state index contributed by atoms with van der Waals surface area (Å²) in [4.78, 5) is 3.62. The number of nitrogens with two attached hydrogens (primary N) is 1. The number of anilines is 1. The number of nitrogen functional groups attached to an aromatic ring is 1. The molecule has 0 aliphatic rings. The molecule has 2 N–H and O–H groups in total. The van der Waals surface area contributed by atoms with Crippen molar-refractivity contribution in [3.05, 3.63) is 24.3 Å². The van der Waals surface area contributed by atoms with E-state index in [9.17, 15) is 0 Å². The van der Waals surface area contributed by atoms with Gasteiger partial charge in [0.25, 0.3) is 0 Å². The minimum absolute atomic E-state index is 0.891. The molecular weight excluding hydrogens is 204 g/mol. The van der Waals surface area contributed by atoms with Crippen LogP contribution in [0.2, 0.25) is 0 Å². The predicted octanol–water partition coefficient (Wildman–Crippen LogP) is 2.70. The summed E-state index contributed by atoms with van der Waals surface area (Å²) in [5, 5.41) is 0. The Kier molecular flexibility index (Phi) is 5.58. The molecule has 1 rings (SSSR count). The Labute approximate surface area is 96.8 Å². The fourth-order valence-electron chi connectivity index (χ4n) is 1.44. The molecule has 0 heterocycles. The summed E-state index contributed by atoms with van der Waals surface area (Å²) < 4.78 is 0. The standard InChI is InChI=1S/C12H20N2S/c1-3-14(4-2)9-10-15-12-8-6-5-7-11(12)13/h5-8H,3-4,9-10,13H2,1-2H3. The van der Waals surface area contributed by atoms with Gasteiger partial charge in [-0.15, -0.1) is 11.8 Å². The van der Waals surface area contributed by atoms with Crippen molar-refractivity contribution < 1.29 is 0 Å². The van der Waals surface area contributed by atoms with E-state index in [4.69, 9.17) is 5.73 Å². The van der Waals surface area contributed by atoms with Crippen molar-refractivity contribution in [3.63, 3.8) is 0 Å². The molecule has 0 unspecified atom stereocenters. The van der Waals surface area contributed by atoms with Crippen molar-refractivity contribution in [2.24, 2.45) is 0 Å². The molecular formula is C12H20N2S. The van der Waals surface area contributed by atoms with Crippen molar-refractivity contribution in [1.82, 2.24) is 4.90 Å². The summed E-state index contributed by atoms with van der Waals surface area (Å²) in [7, 11) is 0. The highest BCUT2D eigenvalue weighted by molar-refractivity contribution is 7.99. The number of hydrogen-bond donors (Lipinski definition) is 1. The molecule has 0 saturated heterocycles. The number of nitrogens with zero attached hydrogens (tertiary/aromatic N) is 1. The highest BCUT2D eigenvalue weighted by Gasteiger charge is 2.01. The Morgan fingerprint density at radius 1 is 1.20 bits per heavy atom. The summed E-state index contributed by atoms with van der Waals surface area (Å²) in [5.74, 6) is 1.11. The maximum absolute atomic E-state index is 5.87. The molecule has 1 aromatic carbocycles. The SMILES string of the molecule is CCN(CC)CCSc1ccccc1N. The van der Waals surface area contributed by atoms with Crippen LogP contribution in [0, 0.1) is 0 Å². The van der Waals surface area contributed by atoms with Gasteiger partial charge in [-0.25, -0.2) is 0 Å². The fraction of sp³-hybridized carbons (Fsp3) is 0.500. The van der Waals surface area contributed by atoms with Gasteiger partial charge in [0.2, 0.25) is 0 Å². The van der Waals surface area contributed by atoms with Crippen molar-refractivity contribution in [2.45, 2.75) is 18.7 Å². The maximum Gasteiger partial charge on any atom is 0.0452 e. The number of benzene rings is 1. The molecule has 0 aromatic heterocycles. The molecule has 0 aliphatic carbocycles. The smallest absolute Gasteiger partial charge is 0.0452 e. The summed E-state index contributed by atoms with van der Waals surface area (Å²) in [6, 6.07) is 8.06. The van der Waals surface area contributed by atoms with E-state index >= 15 is 0 Å². The zero-order valence-electron chi connectivity index (χ0n) is 9.57. The van der Waals surface area contributed by atoms with Crippen molar-refractivity contribution in [2.75, 3.05) is 31.1 Å². The van der Waals surface area contributed by atoms with Crippen molar-refractivity contribution >= 4 is 17.4 Å². The quantitative estimate of drug-likeness (QED) is 0.595. The summed E-state index contributed by atoms with van der Waals surface area (Å²) in [6.07, 6.45) is 0. The van der Waals surface area contributed by atoms with Crippen LogP contribution in [0.4, 0.5) is 5.69 Å². The molecule has 0 amide bonds. The van der Waals surface area contributed by atoms with Gasteiger partial charge >= 0.3 is 0 Å². The average Bonchev–Trinajstić information content (AvgIpc) is 2.27. The van der Waals surface area contributed by atoms with Gasteiger partial charge in [0.05, 0.1) is 0 Å². The van der Waals surface area contributed by atoms with Gasteiger partial charge in [-0.1, -0.05) is 26.0 Å². The van der Waals surface area contributed by atoms with Gasteiger partial charge in [-0.2, -0.15) is 0 Å². The van der Waals surface area contributed by atoms with Crippen LogP contribution in [-0.4, -0.2) is 30.3 Å². The van der Waals surface area contributed by atoms with E-state index in [0.29, 0.717) is 0 Å². The lowest BCUT2D eigenvalue weighted by Crippen LogP contribution is -2.25. The number of rotatable bonds is 6. The second-order valence-corrected chi connectivity index (χ2v) is 4.55. The molecule has 0 bridgehead atoms. The highest BCUT2D eigenvalue weighted by atomic mass is 32.2. The van der Waals surface area contributed by atoms with Gasteiger partial charge in [0.1, 0.15) is 0 Å². The first-order chi connectivity index (χ1) is 7.27. The molecule has 0 fully saturated rings. The molecule has 15 heavy (non-hydrogen) atoms. The largest absolute Gasteiger partial charge is 0.398 e. The molecule has 3 heteroatoms. The zero-order valence-corrected chi connectivity index (χ0v) is 10.4. The van der Waals surface area contributed by atoms with Crippen LogP contribution in [0.3, 0.4) is 0 Å². The third kappa shape index (κ3) is 4.14. The normalized spacial score (nSPS) is 10.9. The molecule has 1 aromatic rings. The number of hydrogen-bond acceptors (Lipinski definition) is 3. The second-order valence-electron chi connectivity index (χ2n) is 3.41. The Bertz CT molecular complexity index is 285. The number of para-hydroxylation sites is 1. The molecule has 0 atom stereocenters. The minimum atomic E-state index is 0.891. The molecule has 0 saturated carbocycles. The van der Waals surface area contributed by atoms with E-state index in [1.54, 1.807) is 0 Å². The molecule has 0 spiro atoms. The van der Waals surface area contributed by atoms with Crippen LogP contribution in [-0.2, 0) is 0 Å². The lowest BCUT2D eigenvalue weighted by atomic mass is 10.3. The van der Waals surface area contributed by atoms with E-state index < -0.39 is 0 Å². The van der Waals surface area contributed by atoms with E-state index in [0.717, 1.165) is 31.1 Å². The van der Waals surface area contributed by atoms with Crippen LogP contribution in [0.5, 0.6) is 0 Å². The van der Waals surface area contributed by atoms with Gasteiger partial charge in [0.15, 0.2) is 0 Å². The van der Waals surface area contributed by atoms with E-state index in [1.807, 2.05) is 30.0 Å². The Morgan fingerprint density at radius 2 is 1.87 bits per heavy atom. The molecule has 84 valence electrons. The van der Waals surface area contributed by atoms with Crippen molar-refractivity contribution in [1.29, 1.82) is 0 Å². The molecule has 2 nitrogen and oxygen atoms in total. The lowest BCUT2D eigenvalue weighted by Gasteiger charge is -2.17. The summed E-state index contributed by atoms with van der Waals surface area (Å²) in [6.45, 7) is 7.78. The minimum Gasteiger partial charge on any atom is -0.398 e. The number of thioether (sulfide) groups is 1. The van der Waals surface area contributed by atoms with Crippen LogP contribution < -0.4 is 5.73 Å². The van der Waals surface area contributed by atoms with E-state index in [1.165, 1.54) is 4.90 Å². The topological polar surface area (TPSA) is 29.3 Å². The van der Waals surface area contributed by atoms with E-state index in [2.05, 4.69) is 24.8 Å². The maximum atomic E-state index is 5.87. The lowest BCUT2D eigenvalue weighted by molar-refractivity contribution is 0.324. The van der Waals surface area contributed by atoms with Gasteiger partial charge < -0.3 is 10.6 Å². The fourth-order valence-corrected chi connectivity index (χ4v) is 2.42. The summed E-state index contributed by atoms with van der Waals surface area (Å²) in [5.41, 5.74) is 6.76. The van der Waals surface area contributed by atoms with Crippen molar-refractivity contribution in [3.8, 4) is 0 Å². The first-order valence-electron chi connectivity index (χ1n) is 5.47. The predicted molar refractivity (Wildman–Crippen MR) is 69.4 cm³/mol. The second kappa shape index (κ2) is 6.75.